The lowest BCUT2D eigenvalue weighted by Gasteiger charge is -2.10. The minimum Gasteiger partial charge on any atom is -0.352 e. The van der Waals surface area contributed by atoms with Crippen LogP contribution < -0.4 is 16.0 Å². The number of carbonyl (C=O) groups is 2. The molecule has 0 aliphatic carbocycles. The molecular formula is C20H20ClN3O2S. The van der Waals surface area contributed by atoms with Gasteiger partial charge in [0, 0.05) is 28.9 Å². The number of thiocarbonyl (C=S) groups is 1. The molecule has 0 atom stereocenters. The van der Waals surface area contributed by atoms with E-state index in [1.54, 1.807) is 42.5 Å². The zero-order chi connectivity index (χ0) is 19.6. The molecular weight excluding hydrogens is 382 g/mol. The number of nitrogens with one attached hydrogen (secondary N) is 3. The summed E-state index contributed by atoms with van der Waals surface area (Å²) < 4.78 is 0. The molecule has 0 aliphatic heterocycles. The van der Waals surface area contributed by atoms with Crippen molar-refractivity contribution in [3.63, 3.8) is 0 Å². The Labute approximate surface area is 168 Å². The summed E-state index contributed by atoms with van der Waals surface area (Å²) in [5, 5.41) is 8.94. The molecule has 0 unspecified atom stereocenters. The summed E-state index contributed by atoms with van der Waals surface area (Å²) >= 11 is 11.2. The molecule has 2 aromatic rings. The summed E-state index contributed by atoms with van der Waals surface area (Å²) in [6, 6.07) is 14.1. The topological polar surface area (TPSA) is 70.2 Å². The first-order valence-electron chi connectivity index (χ1n) is 8.42. The quantitative estimate of drug-likeness (QED) is 0.505. The van der Waals surface area contributed by atoms with Gasteiger partial charge >= 0.3 is 0 Å². The van der Waals surface area contributed by atoms with Crippen molar-refractivity contribution in [1.29, 1.82) is 0 Å². The largest absolute Gasteiger partial charge is 0.352 e. The molecule has 7 heteroatoms. The van der Waals surface area contributed by atoms with E-state index >= 15 is 0 Å². The third kappa shape index (κ3) is 6.84. The van der Waals surface area contributed by atoms with E-state index in [0.717, 1.165) is 12.0 Å². The summed E-state index contributed by atoms with van der Waals surface area (Å²) in [4.78, 5) is 24.0. The van der Waals surface area contributed by atoms with E-state index in [1.807, 2.05) is 19.1 Å². The van der Waals surface area contributed by atoms with Gasteiger partial charge < -0.3 is 10.6 Å². The van der Waals surface area contributed by atoms with Crippen LogP contribution in [0.5, 0.6) is 0 Å². The van der Waals surface area contributed by atoms with Gasteiger partial charge in [-0.25, -0.2) is 0 Å². The molecule has 3 N–H and O–H groups in total. The van der Waals surface area contributed by atoms with E-state index in [0.29, 0.717) is 22.8 Å². The van der Waals surface area contributed by atoms with Crippen LogP contribution in [0.2, 0.25) is 5.02 Å². The molecule has 0 fully saturated rings. The maximum Gasteiger partial charge on any atom is 0.251 e. The van der Waals surface area contributed by atoms with E-state index in [-0.39, 0.29) is 16.9 Å². The van der Waals surface area contributed by atoms with Crippen LogP contribution in [-0.4, -0.2) is 23.5 Å². The van der Waals surface area contributed by atoms with Crippen molar-refractivity contribution in [1.82, 2.24) is 10.6 Å². The van der Waals surface area contributed by atoms with Crippen molar-refractivity contribution in [3.8, 4) is 0 Å². The number of amides is 2. The predicted molar refractivity (Wildman–Crippen MR) is 114 cm³/mol. The van der Waals surface area contributed by atoms with Gasteiger partial charge in [-0.15, -0.1) is 0 Å². The Bertz CT molecular complexity index is 868. The monoisotopic (exact) mass is 401 g/mol. The Morgan fingerprint density at radius 2 is 1.93 bits per heavy atom. The van der Waals surface area contributed by atoms with Gasteiger partial charge in [0.15, 0.2) is 5.11 Å². The fourth-order valence-corrected chi connectivity index (χ4v) is 2.59. The average Bonchev–Trinajstić information content (AvgIpc) is 2.65. The highest BCUT2D eigenvalue weighted by atomic mass is 35.5. The number of benzene rings is 2. The van der Waals surface area contributed by atoms with Crippen molar-refractivity contribution in [2.45, 2.75) is 13.3 Å². The summed E-state index contributed by atoms with van der Waals surface area (Å²) in [7, 11) is 0. The molecule has 0 spiro atoms. The Hall–Kier alpha value is -2.70. The number of anilines is 1. The molecule has 0 radical (unpaired) electrons. The van der Waals surface area contributed by atoms with Crippen molar-refractivity contribution >= 4 is 52.5 Å². The van der Waals surface area contributed by atoms with E-state index in [1.165, 1.54) is 6.08 Å². The van der Waals surface area contributed by atoms with Gasteiger partial charge in [0.25, 0.3) is 5.91 Å². The number of halogens is 1. The standard InChI is InChI=1S/C20H20ClN3O2S/c1-2-12-22-19(26)15-7-5-8-16(13-15)23-20(27)24-18(25)11-10-14-6-3-4-9-17(14)21/h3-11,13H,2,12H2,1H3,(H,22,26)(H2,23,24,25,27)/b11-10+. The molecule has 0 aliphatic rings. The van der Waals surface area contributed by atoms with Crippen LogP contribution in [0.1, 0.15) is 29.3 Å². The van der Waals surface area contributed by atoms with Crippen LogP contribution in [0.4, 0.5) is 5.69 Å². The van der Waals surface area contributed by atoms with Gasteiger partial charge in [-0.1, -0.05) is 42.8 Å². The van der Waals surface area contributed by atoms with Crippen LogP contribution in [-0.2, 0) is 4.79 Å². The summed E-state index contributed by atoms with van der Waals surface area (Å²) in [6.07, 6.45) is 3.82. The van der Waals surface area contributed by atoms with Gasteiger partial charge in [0.2, 0.25) is 5.91 Å². The highest BCUT2D eigenvalue weighted by Crippen LogP contribution is 2.16. The Kier molecular flexibility index (Phi) is 7.98. The van der Waals surface area contributed by atoms with Crippen molar-refractivity contribution in [3.05, 3.63) is 70.8 Å². The zero-order valence-corrected chi connectivity index (χ0v) is 16.4. The van der Waals surface area contributed by atoms with Gasteiger partial charge in [-0.05, 0) is 54.5 Å². The first-order chi connectivity index (χ1) is 13.0. The fraction of sp³-hybridized carbons (Fsp3) is 0.150. The maximum atomic E-state index is 12.0. The molecule has 0 heterocycles. The molecule has 0 saturated carbocycles. The Morgan fingerprint density at radius 1 is 1.15 bits per heavy atom. The second-order valence-electron chi connectivity index (χ2n) is 5.63. The molecule has 0 saturated heterocycles. The SMILES string of the molecule is CCCNC(=O)c1cccc(NC(=S)NC(=O)/C=C/c2ccccc2Cl)c1. The molecule has 2 aromatic carbocycles. The first-order valence-corrected chi connectivity index (χ1v) is 9.21. The minimum absolute atomic E-state index is 0.134. The summed E-state index contributed by atoms with van der Waals surface area (Å²) in [5.41, 5.74) is 1.86. The van der Waals surface area contributed by atoms with E-state index in [2.05, 4.69) is 16.0 Å². The van der Waals surface area contributed by atoms with Gasteiger partial charge in [0.1, 0.15) is 0 Å². The third-order valence-corrected chi connectivity index (χ3v) is 4.02. The van der Waals surface area contributed by atoms with Gasteiger partial charge in [-0.3, -0.25) is 14.9 Å². The number of carbonyl (C=O) groups excluding carboxylic acids is 2. The first kappa shape index (κ1) is 20.6. The smallest absolute Gasteiger partial charge is 0.251 e. The van der Waals surface area contributed by atoms with E-state index in [9.17, 15) is 9.59 Å². The lowest BCUT2D eigenvalue weighted by molar-refractivity contribution is -0.115. The summed E-state index contributed by atoms with van der Waals surface area (Å²) in [6.45, 7) is 2.60. The van der Waals surface area contributed by atoms with Crippen LogP contribution >= 0.6 is 23.8 Å². The van der Waals surface area contributed by atoms with Gasteiger partial charge in [-0.2, -0.15) is 0 Å². The molecule has 2 amide bonds. The van der Waals surface area contributed by atoms with Crippen LogP contribution in [0.25, 0.3) is 6.08 Å². The second kappa shape index (κ2) is 10.4. The lowest BCUT2D eigenvalue weighted by Crippen LogP contribution is -2.33. The minimum atomic E-state index is -0.385. The average molecular weight is 402 g/mol. The second-order valence-corrected chi connectivity index (χ2v) is 6.45. The van der Waals surface area contributed by atoms with Crippen molar-refractivity contribution in [2.24, 2.45) is 0 Å². The van der Waals surface area contributed by atoms with E-state index < -0.39 is 0 Å². The van der Waals surface area contributed by atoms with Gasteiger partial charge in [0.05, 0.1) is 0 Å². The maximum absolute atomic E-state index is 12.0. The molecule has 140 valence electrons. The van der Waals surface area contributed by atoms with Crippen molar-refractivity contribution < 1.29 is 9.59 Å². The lowest BCUT2D eigenvalue weighted by atomic mass is 10.2. The van der Waals surface area contributed by atoms with E-state index in [4.69, 9.17) is 23.8 Å². The molecule has 5 nitrogen and oxygen atoms in total. The normalized spacial score (nSPS) is 10.4. The predicted octanol–water partition coefficient (Wildman–Crippen LogP) is 4.01. The summed E-state index contributed by atoms with van der Waals surface area (Å²) in [5.74, 6) is -0.539. The number of hydrogen-bond donors (Lipinski definition) is 3. The molecule has 0 aromatic heterocycles. The molecule has 0 bridgehead atoms. The number of rotatable bonds is 6. The third-order valence-electron chi connectivity index (χ3n) is 3.47. The van der Waals surface area contributed by atoms with Crippen LogP contribution in [0.3, 0.4) is 0 Å². The van der Waals surface area contributed by atoms with Crippen LogP contribution in [0.15, 0.2) is 54.6 Å². The Morgan fingerprint density at radius 3 is 2.67 bits per heavy atom. The highest BCUT2D eigenvalue weighted by Gasteiger charge is 2.07. The number of hydrogen-bond acceptors (Lipinski definition) is 3. The van der Waals surface area contributed by atoms with Crippen LogP contribution in [0, 0.1) is 0 Å². The van der Waals surface area contributed by atoms with Crippen molar-refractivity contribution in [2.75, 3.05) is 11.9 Å². The zero-order valence-electron chi connectivity index (χ0n) is 14.8. The Balaban J connectivity index is 1.92. The molecule has 2 rings (SSSR count). The fourth-order valence-electron chi connectivity index (χ4n) is 2.17. The molecule has 27 heavy (non-hydrogen) atoms. The highest BCUT2D eigenvalue weighted by molar-refractivity contribution is 7.80.